The third kappa shape index (κ3) is 3.41. The van der Waals surface area contributed by atoms with Gasteiger partial charge in [0.15, 0.2) is 0 Å². The van der Waals surface area contributed by atoms with Gasteiger partial charge >= 0.3 is 5.97 Å². The minimum absolute atomic E-state index is 0.0343. The molecule has 0 heterocycles. The predicted octanol–water partition coefficient (Wildman–Crippen LogP) is 6.76. The molecule has 5 saturated carbocycles. The minimum atomic E-state index is -0.674. The number of aliphatic hydroxyl groups excluding tert-OH is 1. The summed E-state index contributed by atoms with van der Waals surface area (Å²) >= 11 is 0. The van der Waals surface area contributed by atoms with Crippen LogP contribution in [-0.4, -0.2) is 34.0 Å². The summed E-state index contributed by atoms with van der Waals surface area (Å²) in [4.78, 5) is 11.9. The molecule has 0 bridgehead atoms. The molecule has 0 radical (unpaired) electrons. The highest BCUT2D eigenvalue weighted by Crippen LogP contribution is 2.77. The maximum atomic E-state index is 12.2. The van der Waals surface area contributed by atoms with E-state index in [1.54, 1.807) is 0 Å². The molecule has 5 aliphatic rings. The van der Waals surface area contributed by atoms with E-state index in [1.165, 1.54) is 26.2 Å². The molecule has 206 valence electrons. The van der Waals surface area contributed by atoms with Crippen LogP contribution in [-0.2, 0) is 9.53 Å². The summed E-state index contributed by atoms with van der Waals surface area (Å²) in [5.41, 5.74) is -0.222. The lowest BCUT2D eigenvalue weighted by molar-refractivity contribution is -0.280. The van der Waals surface area contributed by atoms with Crippen molar-refractivity contribution in [3.05, 3.63) is 0 Å². The van der Waals surface area contributed by atoms with Crippen LogP contribution in [0.2, 0.25) is 0 Å². The maximum absolute atomic E-state index is 12.2. The Balaban J connectivity index is 1.54. The Kier molecular flexibility index (Phi) is 5.97. The third-order valence-corrected chi connectivity index (χ3v) is 14.0. The molecule has 2 N–H and O–H groups in total. The van der Waals surface area contributed by atoms with Gasteiger partial charge in [0.05, 0.1) is 11.7 Å². The number of aliphatic hydroxyl groups is 2. The number of fused-ring (bicyclic) bond motifs is 7. The average molecular weight is 503 g/mol. The maximum Gasteiger partial charge on any atom is 0.302 e. The smallest absolute Gasteiger partial charge is 0.302 e. The molecule has 36 heavy (non-hydrogen) atoms. The molecule has 5 fully saturated rings. The molecule has 0 aromatic heterocycles. The molecule has 5 aliphatic carbocycles. The quantitative estimate of drug-likeness (QED) is 0.409. The van der Waals surface area contributed by atoms with Crippen LogP contribution in [0.1, 0.15) is 120 Å². The first-order valence-corrected chi connectivity index (χ1v) is 15.0. The summed E-state index contributed by atoms with van der Waals surface area (Å²) in [6, 6.07) is 0. The third-order valence-electron chi connectivity index (χ3n) is 14.0. The molecule has 4 nitrogen and oxygen atoms in total. The standard InChI is InChI=1S/C32H54O4/c1-19(33)36-24-12-14-30(7)23(27(24,2)3)11-15-32(9)26(30)22(34)18-21-25-20(28(4,5)35)10-13-29(25,6)16-17-31(21,32)8/h20-26,34-35H,10-18H2,1-9H3/t20-,21-,22-,23-,24+,25-,26-,29-,30+,31-,32-/m1/s1. The van der Waals surface area contributed by atoms with Gasteiger partial charge in [-0.15, -0.1) is 0 Å². The van der Waals surface area contributed by atoms with Gasteiger partial charge in [0, 0.05) is 12.3 Å². The SMILES string of the molecule is CC(=O)O[C@H]1CC[C@@]2(C)[C@H](CC[C@]3(C)[C@@H]2[C@H](O)C[C@@H]2[C@H]4[C@H](C(C)(C)O)CC[C@]4(C)CC[C@]23C)C1(C)C. The van der Waals surface area contributed by atoms with Gasteiger partial charge in [-0.1, -0.05) is 41.5 Å². The topological polar surface area (TPSA) is 66.8 Å². The monoisotopic (exact) mass is 502 g/mol. The zero-order chi connectivity index (χ0) is 26.7. The first-order chi connectivity index (χ1) is 16.4. The Morgan fingerprint density at radius 1 is 0.889 bits per heavy atom. The molecular weight excluding hydrogens is 448 g/mol. The Morgan fingerprint density at radius 3 is 2.17 bits per heavy atom. The van der Waals surface area contributed by atoms with Crippen molar-refractivity contribution < 1.29 is 19.7 Å². The molecule has 4 heteroatoms. The Labute approximate surface area is 220 Å². The number of carbonyl (C=O) groups excluding carboxylic acids is 1. The molecule has 0 amide bonds. The second-order valence-corrected chi connectivity index (χ2v) is 16.3. The highest BCUT2D eigenvalue weighted by atomic mass is 16.5. The summed E-state index contributed by atoms with van der Waals surface area (Å²) in [6.45, 7) is 20.3. The minimum Gasteiger partial charge on any atom is -0.462 e. The lowest BCUT2D eigenvalue weighted by Gasteiger charge is -2.73. The number of rotatable bonds is 2. The summed E-state index contributed by atoms with van der Waals surface area (Å²) in [7, 11) is 0. The van der Waals surface area contributed by atoms with Gasteiger partial charge in [-0.2, -0.15) is 0 Å². The van der Waals surface area contributed by atoms with Crippen LogP contribution in [0.25, 0.3) is 0 Å². The number of ether oxygens (including phenoxy) is 1. The normalized spacial score (nSPS) is 54.0. The molecule has 0 spiro atoms. The zero-order valence-electron chi connectivity index (χ0n) is 24.6. The zero-order valence-corrected chi connectivity index (χ0v) is 24.6. The van der Waals surface area contributed by atoms with E-state index < -0.39 is 5.60 Å². The van der Waals surface area contributed by atoms with E-state index >= 15 is 0 Å². The van der Waals surface area contributed by atoms with Crippen LogP contribution in [0.3, 0.4) is 0 Å². The second-order valence-electron chi connectivity index (χ2n) is 16.3. The summed E-state index contributed by atoms with van der Waals surface area (Å²) in [6.07, 6.45) is 9.51. The van der Waals surface area contributed by atoms with Gasteiger partial charge in [-0.3, -0.25) is 4.79 Å². The van der Waals surface area contributed by atoms with Crippen molar-refractivity contribution in [2.45, 2.75) is 138 Å². The van der Waals surface area contributed by atoms with E-state index in [9.17, 15) is 15.0 Å². The molecule has 0 aromatic rings. The number of carbonyl (C=O) groups is 1. The van der Waals surface area contributed by atoms with Crippen molar-refractivity contribution in [3.8, 4) is 0 Å². The van der Waals surface area contributed by atoms with Crippen molar-refractivity contribution in [2.75, 3.05) is 0 Å². The van der Waals surface area contributed by atoms with Crippen molar-refractivity contribution in [1.29, 1.82) is 0 Å². The largest absolute Gasteiger partial charge is 0.462 e. The van der Waals surface area contributed by atoms with Crippen molar-refractivity contribution in [1.82, 2.24) is 0 Å². The van der Waals surface area contributed by atoms with Gasteiger partial charge in [0.2, 0.25) is 0 Å². The van der Waals surface area contributed by atoms with Gasteiger partial charge in [-0.25, -0.2) is 0 Å². The number of hydrogen-bond acceptors (Lipinski definition) is 4. The number of esters is 1. The first kappa shape index (κ1) is 27.0. The summed E-state index contributed by atoms with van der Waals surface area (Å²) in [5.74, 6) is 1.76. The fraction of sp³-hybridized carbons (Fsp3) is 0.969. The van der Waals surface area contributed by atoms with E-state index in [-0.39, 0.29) is 51.2 Å². The van der Waals surface area contributed by atoms with Crippen LogP contribution in [0.5, 0.6) is 0 Å². The molecule has 0 unspecified atom stereocenters. The highest BCUT2D eigenvalue weighted by Gasteiger charge is 2.72. The van der Waals surface area contributed by atoms with E-state index in [0.717, 1.165) is 38.5 Å². The van der Waals surface area contributed by atoms with E-state index in [0.29, 0.717) is 23.7 Å². The van der Waals surface area contributed by atoms with Gasteiger partial charge in [0.1, 0.15) is 6.10 Å². The fourth-order valence-electron chi connectivity index (χ4n) is 12.2. The van der Waals surface area contributed by atoms with Crippen LogP contribution < -0.4 is 0 Å². The Morgan fingerprint density at radius 2 is 1.56 bits per heavy atom. The van der Waals surface area contributed by atoms with Crippen molar-refractivity contribution in [2.24, 2.45) is 56.7 Å². The summed E-state index contributed by atoms with van der Waals surface area (Å²) in [5, 5.41) is 23.4. The van der Waals surface area contributed by atoms with Gasteiger partial charge < -0.3 is 14.9 Å². The Hall–Kier alpha value is -0.610. The molecule has 11 atom stereocenters. The highest BCUT2D eigenvalue weighted by molar-refractivity contribution is 5.66. The van der Waals surface area contributed by atoms with Crippen LogP contribution in [0.4, 0.5) is 0 Å². The second kappa shape index (κ2) is 7.96. The van der Waals surface area contributed by atoms with Crippen molar-refractivity contribution in [3.63, 3.8) is 0 Å². The summed E-state index contributed by atoms with van der Waals surface area (Å²) < 4.78 is 5.87. The average Bonchev–Trinajstić information content (AvgIpc) is 3.09. The van der Waals surface area contributed by atoms with E-state index in [1.807, 2.05) is 13.8 Å². The molecule has 0 aromatic carbocycles. The van der Waals surface area contributed by atoms with Crippen LogP contribution in [0.15, 0.2) is 0 Å². The molecule has 5 rings (SSSR count). The molecule has 0 saturated heterocycles. The first-order valence-electron chi connectivity index (χ1n) is 15.0. The number of hydrogen-bond donors (Lipinski definition) is 2. The molecular formula is C32H54O4. The lowest BCUT2D eigenvalue weighted by atomic mass is 9.31. The van der Waals surface area contributed by atoms with E-state index in [4.69, 9.17) is 4.74 Å². The fourth-order valence-corrected chi connectivity index (χ4v) is 12.2. The van der Waals surface area contributed by atoms with Crippen LogP contribution in [0, 0.1) is 56.7 Å². The van der Waals surface area contributed by atoms with Crippen molar-refractivity contribution >= 4 is 5.97 Å². The molecule has 0 aliphatic heterocycles. The van der Waals surface area contributed by atoms with Crippen LogP contribution >= 0.6 is 0 Å². The van der Waals surface area contributed by atoms with Gasteiger partial charge in [0.25, 0.3) is 0 Å². The Bertz CT molecular complexity index is 904. The lowest BCUT2D eigenvalue weighted by Crippen LogP contribution is -2.70. The van der Waals surface area contributed by atoms with E-state index in [2.05, 4.69) is 41.5 Å². The van der Waals surface area contributed by atoms with Gasteiger partial charge in [-0.05, 0) is 123 Å². The predicted molar refractivity (Wildman–Crippen MR) is 143 cm³/mol.